The van der Waals surface area contributed by atoms with E-state index in [0.29, 0.717) is 0 Å². The van der Waals surface area contributed by atoms with E-state index < -0.39 is 0 Å². The summed E-state index contributed by atoms with van der Waals surface area (Å²) >= 11 is 0. The fourth-order valence-corrected chi connectivity index (χ4v) is 7.89. The Bertz CT molecular complexity index is 2910. The highest BCUT2D eigenvalue weighted by atomic mass is 16.3. The van der Waals surface area contributed by atoms with Crippen LogP contribution in [0, 0.1) is 0 Å². The molecule has 54 heavy (non-hydrogen) atoms. The van der Waals surface area contributed by atoms with Gasteiger partial charge >= 0.3 is 0 Å². The molecule has 0 saturated carbocycles. The van der Waals surface area contributed by atoms with Gasteiger partial charge in [0.15, 0.2) is 0 Å². The van der Waals surface area contributed by atoms with Crippen LogP contribution in [0.15, 0.2) is 217 Å². The molecule has 1 aromatic heterocycles. The van der Waals surface area contributed by atoms with Crippen molar-refractivity contribution < 1.29 is 4.42 Å². The molecule has 10 aromatic rings. The van der Waals surface area contributed by atoms with E-state index in [9.17, 15) is 0 Å². The summed E-state index contributed by atoms with van der Waals surface area (Å²) in [5.74, 6) is 0. The van der Waals surface area contributed by atoms with Crippen molar-refractivity contribution in [2.45, 2.75) is 0 Å². The molecule has 2 nitrogen and oxygen atoms in total. The first-order valence-corrected chi connectivity index (χ1v) is 18.4. The largest absolute Gasteiger partial charge is 0.456 e. The minimum atomic E-state index is 0.896. The lowest BCUT2D eigenvalue weighted by atomic mass is 9.93. The summed E-state index contributed by atoms with van der Waals surface area (Å²) in [4.78, 5) is 2.41. The standard InChI is InChI=1S/C52H35NO/c1-4-15-36(16-5-1)38-27-29-42(30-28-38)53(49-25-12-10-23-44(49)41-22-14-21-40(33-41)37-17-6-2-7-18-37)43-31-32-45-48(34-43)47(39-19-8-3-9-20-39)35-51-52(45)46-24-11-13-26-50(46)54-51/h1-35H. The number of hydrogen-bond donors (Lipinski definition) is 0. The van der Waals surface area contributed by atoms with E-state index in [1.165, 1.54) is 33.0 Å². The summed E-state index contributed by atoms with van der Waals surface area (Å²) in [7, 11) is 0. The van der Waals surface area contributed by atoms with Crippen LogP contribution in [0.4, 0.5) is 17.1 Å². The van der Waals surface area contributed by atoms with Gasteiger partial charge in [-0.15, -0.1) is 0 Å². The summed E-state index contributed by atoms with van der Waals surface area (Å²) in [6, 6.07) is 75.9. The van der Waals surface area contributed by atoms with Crippen molar-refractivity contribution in [3.8, 4) is 44.5 Å². The topological polar surface area (TPSA) is 16.4 Å². The second-order valence-corrected chi connectivity index (χ2v) is 13.7. The first kappa shape index (κ1) is 31.6. The number of fused-ring (bicyclic) bond motifs is 5. The highest BCUT2D eigenvalue weighted by molar-refractivity contribution is 6.22. The fourth-order valence-electron chi connectivity index (χ4n) is 7.89. The monoisotopic (exact) mass is 689 g/mol. The predicted molar refractivity (Wildman–Crippen MR) is 228 cm³/mol. The third-order valence-electron chi connectivity index (χ3n) is 10.5. The number of anilines is 3. The average molecular weight is 690 g/mol. The quantitative estimate of drug-likeness (QED) is 0.166. The van der Waals surface area contributed by atoms with Gasteiger partial charge in [0.05, 0.1) is 5.69 Å². The molecule has 0 saturated heterocycles. The van der Waals surface area contributed by atoms with Crippen LogP contribution < -0.4 is 4.90 Å². The van der Waals surface area contributed by atoms with Crippen LogP contribution in [0.1, 0.15) is 0 Å². The van der Waals surface area contributed by atoms with E-state index in [1.807, 2.05) is 6.07 Å². The lowest BCUT2D eigenvalue weighted by molar-refractivity contribution is 0.669. The summed E-state index contributed by atoms with van der Waals surface area (Å²) < 4.78 is 6.48. The predicted octanol–water partition coefficient (Wildman–Crippen LogP) is 14.9. The Balaban J connectivity index is 1.21. The molecule has 0 fully saturated rings. The molecule has 0 aliphatic heterocycles. The van der Waals surface area contributed by atoms with E-state index in [2.05, 4.69) is 211 Å². The molecule has 0 aliphatic rings. The molecular formula is C52H35NO. The minimum absolute atomic E-state index is 0.896. The van der Waals surface area contributed by atoms with Gasteiger partial charge in [0, 0.05) is 27.7 Å². The van der Waals surface area contributed by atoms with Crippen molar-refractivity contribution in [1.29, 1.82) is 0 Å². The van der Waals surface area contributed by atoms with Crippen molar-refractivity contribution in [2.75, 3.05) is 4.90 Å². The van der Waals surface area contributed by atoms with Gasteiger partial charge in [-0.2, -0.15) is 0 Å². The zero-order chi connectivity index (χ0) is 35.8. The maximum absolute atomic E-state index is 6.48. The van der Waals surface area contributed by atoms with Gasteiger partial charge < -0.3 is 9.32 Å². The normalized spacial score (nSPS) is 11.3. The zero-order valence-corrected chi connectivity index (χ0v) is 29.6. The van der Waals surface area contributed by atoms with Crippen LogP contribution in [-0.2, 0) is 0 Å². The van der Waals surface area contributed by atoms with E-state index in [1.54, 1.807) is 0 Å². The van der Waals surface area contributed by atoms with Gasteiger partial charge in [0.25, 0.3) is 0 Å². The Morgan fingerprint density at radius 1 is 0.296 bits per heavy atom. The third kappa shape index (κ3) is 5.62. The minimum Gasteiger partial charge on any atom is -0.456 e. The van der Waals surface area contributed by atoms with Crippen molar-refractivity contribution >= 4 is 49.8 Å². The Labute approximate surface area is 314 Å². The summed E-state index contributed by atoms with van der Waals surface area (Å²) in [6.07, 6.45) is 0. The number of furan rings is 1. The average Bonchev–Trinajstić information content (AvgIpc) is 3.64. The molecular weight excluding hydrogens is 655 g/mol. The molecule has 2 heteroatoms. The SMILES string of the molecule is c1ccc(-c2ccc(N(c3ccc4c(c3)c(-c3ccccc3)cc3oc5ccccc5c34)c3ccccc3-c3cccc(-c4ccccc4)c3)cc2)cc1. The van der Waals surface area contributed by atoms with E-state index in [0.717, 1.165) is 61.3 Å². The van der Waals surface area contributed by atoms with Gasteiger partial charge in [-0.25, -0.2) is 0 Å². The van der Waals surface area contributed by atoms with Crippen molar-refractivity contribution in [3.05, 3.63) is 212 Å². The highest BCUT2D eigenvalue weighted by Crippen LogP contribution is 2.46. The Morgan fingerprint density at radius 3 is 1.63 bits per heavy atom. The van der Waals surface area contributed by atoms with Crippen LogP contribution in [0.3, 0.4) is 0 Å². The van der Waals surface area contributed by atoms with Crippen molar-refractivity contribution in [3.63, 3.8) is 0 Å². The molecule has 0 N–H and O–H groups in total. The van der Waals surface area contributed by atoms with Crippen LogP contribution in [0.25, 0.3) is 77.2 Å². The van der Waals surface area contributed by atoms with Crippen molar-refractivity contribution in [1.82, 2.24) is 0 Å². The third-order valence-corrected chi connectivity index (χ3v) is 10.5. The first-order chi connectivity index (χ1) is 26.8. The smallest absolute Gasteiger partial charge is 0.136 e. The number of benzene rings is 9. The molecule has 254 valence electrons. The molecule has 0 atom stereocenters. The van der Waals surface area contributed by atoms with E-state index in [-0.39, 0.29) is 0 Å². The van der Waals surface area contributed by atoms with Crippen LogP contribution in [0.5, 0.6) is 0 Å². The first-order valence-electron chi connectivity index (χ1n) is 18.4. The molecule has 1 heterocycles. The maximum atomic E-state index is 6.48. The molecule has 0 radical (unpaired) electrons. The zero-order valence-electron chi connectivity index (χ0n) is 29.6. The van der Waals surface area contributed by atoms with Crippen LogP contribution >= 0.6 is 0 Å². The number of hydrogen-bond acceptors (Lipinski definition) is 2. The maximum Gasteiger partial charge on any atom is 0.136 e. The Morgan fingerprint density at radius 2 is 0.870 bits per heavy atom. The number of rotatable bonds is 7. The van der Waals surface area contributed by atoms with Gasteiger partial charge in [0.2, 0.25) is 0 Å². The molecule has 0 unspecified atom stereocenters. The lowest BCUT2D eigenvalue weighted by Crippen LogP contribution is -2.11. The summed E-state index contributed by atoms with van der Waals surface area (Å²) in [5.41, 5.74) is 14.4. The lowest BCUT2D eigenvalue weighted by Gasteiger charge is -2.29. The van der Waals surface area contributed by atoms with E-state index >= 15 is 0 Å². The Kier molecular flexibility index (Phi) is 7.85. The Hall–Kier alpha value is -7.16. The van der Waals surface area contributed by atoms with E-state index in [4.69, 9.17) is 4.42 Å². The van der Waals surface area contributed by atoms with Gasteiger partial charge in [-0.1, -0.05) is 164 Å². The fraction of sp³-hybridized carbons (Fsp3) is 0. The molecule has 0 amide bonds. The number of nitrogens with zero attached hydrogens (tertiary/aromatic N) is 1. The highest BCUT2D eigenvalue weighted by Gasteiger charge is 2.21. The summed E-state index contributed by atoms with van der Waals surface area (Å²) in [6.45, 7) is 0. The molecule has 0 bridgehead atoms. The van der Waals surface area contributed by atoms with Crippen LogP contribution in [0.2, 0.25) is 0 Å². The molecule has 9 aromatic carbocycles. The second kappa shape index (κ2) is 13.4. The number of para-hydroxylation sites is 2. The van der Waals surface area contributed by atoms with Gasteiger partial charge in [0.1, 0.15) is 11.2 Å². The molecule has 10 rings (SSSR count). The van der Waals surface area contributed by atoms with Crippen LogP contribution in [-0.4, -0.2) is 0 Å². The van der Waals surface area contributed by atoms with Crippen molar-refractivity contribution in [2.24, 2.45) is 0 Å². The molecule has 0 aliphatic carbocycles. The van der Waals surface area contributed by atoms with Gasteiger partial charge in [-0.3, -0.25) is 0 Å². The van der Waals surface area contributed by atoms with Gasteiger partial charge in [-0.05, 0) is 98.2 Å². The second-order valence-electron chi connectivity index (χ2n) is 13.7. The molecule has 0 spiro atoms. The summed E-state index contributed by atoms with van der Waals surface area (Å²) in [5, 5.41) is 4.61.